The molecule has 0 aromatic heterocycles. The fourth-order valence-electron chi connectivity index (χ4n) is 0.518. The molecule has 1 heterocycles. The van der Waals surface area contributed by atoms with Crippen molar-refractivity contribution in [1.29, 1.82) is 5.26 Å². The Kier molecular flexibility index (Phi) is 1.85. The van der Waals surface area contributed by atoms with Gasteiger partial charge in [-0.25, -0.2) is 0 Å². The third-order valence-corrected chi connectivity index (χ3v) is 1.09. The molecule has 1 saturated heterocycles. The molecule has 10 heavy (non-hydrogen) atoms. The summed E-state index contributed by atoms with van der Waals surface area (Å²) in [6, 6.07) is 1.78. The lowest BCUT2D eigenvalue weighted by molar-refractivity contribution is -0.135. The minimum absolute atomic E-state index is 0.141. The third-order valence-electron chi connectivity index (χ3n) is 1.09. The summed E-state index contributed by atoms with van der Waals surface area (Å²) < 4.78 is 0. The largest absolute Gasteiger partial charge is 0.368 e. The zero-order chi connectivity index (χ0) is 7.56. The van der Waals surface area contributed by atoms with Gasteiger partial charge in [0.1, 0.15) is 12.6 Å². The van der Waals surface area contributed by atoms with E-state index in [1.54, 1.807) is 0 Å². The van der Waals surface area contributed by atoms with Crippen molar-refractivity contribution in [2.45, 2.75) is 6.04 Å². The molecule has 0 spiro atoms. The zero-order valence-electron chi connectivity index (χ0n) is 5.28. The van der Waals surface area contributed by atoms with E-state index in [0.29, 0.717) is 6.54 Å². The molecule has 2 unspecified atom stereocenters. The average molecular weight is 141 g/mol. The number of hydrogen-bond donors (Lipinski definition) is 1. The van der Waals surface area contributed by atoms with Gasteiger partial charge in [0.05, 0.1) is 12.6 Å². The first-order valence-corrected chi connectivity index (χ1v) is 2.81. The van der Waals surface area contributed by atoms with E-state index in [1.165, 1.54) is 5.06 Å². The Balaban J connectivity index is 2.08. The summed E-state index contributed by atoms with van der Waals surface area (Å²) in [7, 11) is 0. The first-order valence-electron chi connectivity index (χ1n) is 2.81. The highest BCUT2D eigenvalue weighted by Crippen LogP contribution is 2.15. The van der Waals surface area contributed by atoms with Gasteiger partial charge in [-0.05, 0) is 0 Å². The Morgan fingerprint density at radius 3 is 3.10 bits per heavy atom. The number of carbonyl (C=O) groups excluding carboxylic acids is 1. The van der Waals surface area contributed by atoms with Gasteiger partial charge in [0.15, 0.2) is 0 Å². The number of nitrogens with two attached hydrogens (primary N) is 1. The molecule has 0 aliphatic carbocycles. The highest BCUT2D eigenvalue weighted by molar-refractivity contribution is 5.74. The molecule has 1 fully saturated rings. The molecule has 1 amide bonds. The minimum Gasteiger partial charge on any atom is -0.368 e. The molecule has 0 radical (unpaired) electrons. The summed E-state index contributed by atoms with van der Waals surface area (Å²) in [5.41, 5.74) is 4.78. The smallest absolute Gasteiger partial charge is 0.245 e. The molecule has 2 N–H and O–H groups in total. The van der Waals surface area contributed by atoms with E-state index < -0.39 is 5.91 Å². The first-order chi connectivity index (χ1) is 4.74. The SMILES string of the molecule is N#CC1CN1OCC(N)=O. The molecule has 0 aromatic carbocycles. The molecule has 1 aliphatic heterocycles. The summed E-state index contributed by atoms with van der Waals surface area (Å²) in [6.45, 7) is 0.432. The monoisotopic (exact) mass is 141 g/mol. The molecule has 5 nitrogen and oxygen atoms in total. The Morgan fingerprint density at radius 2 is 2.70 bits per heavy atom. The van der Waals surface area contributed by atoms with Crippen LogP contribution in [-0.4, -0.2) is 30.2 Å². The second kappa shape index (κ2) is 2.64. The number of nitrogens with zero attached hydrogens (tertiary/aromatic N) is 2. The van der Waals surface area contributed by atoms with Crippen molar-refractivity contribution in [2.24, 2.45) is 5.73 Å². The molecule has 0 saturated carbocycles. The number of primary amides is 1. The van der Waals surface area contributed by atoms with Crippen molar-refractivity contribution in [3.05, 3.63) is 0 Å². The van der Waals surface area contributed by atoms with Crippen molar-refractivity contribution in [1.82, 2.24) is 5.06 Å². The number of hydroxylamine groups is 2. The van der Waals surface area contributed by atoms with Crippen molar-refractivity contribution < 1.29 is 9.63 Å². The lowest BCUT2D eigenvalue weighted by atomic mass is 10.6. The van der Waals surface area contributed by atoms with Crippen LogP contribution >= 0.6 is 0 Å². The van der Waals surface area contributed by atoms with Crippen molar-refractivity contribution in [2.75, 3.05) is 13.2 Å². The van der Waals surface area contributed by atoms with E-state index in [2.05, 4.69) is 0 Å². The minimum atomic E-state index is -0.524. The second-order valence-electron chi connectivity index (χ2n) is 1.98. The van der Waals surface area contributed by atoms with Gasteiger partial charge >= 0.3 is 0 Å². The van der Waals surface area contributed by atoms with Crippen molar-refractivity contribution in [3.63, 3.8) is 0 Å². The lowest BCUT2D eigenvalue weighted by Gasteiger charge is -1.97. The Bertz CT molecular complexity index is 186. The maximum Gasteiger partial charge on any atom is 0.245 e. The summed E-state index contributed by atoms with van der Waals surface area (Å²) >= 11 is 0. The lowest BCUT2D eigenvalue weighted by Crippen LogP contribution is -2.20. The van der Waals surface area contributed by atoms with Crippen molar-refractivity contribution >= 4 is 5.91 Å². The van der Waals surface area contributed by atoms with Crippen LogP contribution in [0.5, 0.6) is 0 Å². The molecule has 1 aliphatic rings. The van der Waals surface area contributed by atoms with Crippen LogP contribution < -0.4 is 5.73 Å². The van der Waals surface area contributed by atoms with Crippen molar-refractivity contribution in [3.8, 4) is 6.07 Å². The molecular formula is C5H7N3O2. The Morgan fingerprint density at radius 1 is 2.00 bits per heavy atom. The van der Waals surface area contributed by atoms with Crippen LogP contribution in [0.3, 0.4) is 0 Å². The van der Waals surface area contributed by atoms with Gasteiger partial charge in [-0.2, -0.15) is 10.3 Å². The second-order valence-corrected chi connectivity index (χ2v) is 1.98. The third kappa shape index (κ3) is 1.69. The predicted molar refractivity (Wildman–Crippen MR) is 31.3 cm³/mol. The van der Waals surface area contributed by atoms with Crippen LogP contribution in [0.25, 0.3) is 0 Å². The van der Waals surface area contributed by atoms with Crippen LogP contribution in [0.4, 0.5) is 0 Å². The maximum atomic E-state index is 10.1. The fourth-order valence-corrected chi connectivity index (χ4v) is 0.518. The summed E-state index contributed by atoms with van der Waals surface area (Å²) in [6.07, 6.45) is 0. The van der Waals surface area contributed by atoms with Crippen LogP contribution in [0.15, 0.2) is 0 Å². The molecule has 5 heteroatoms. The van der Waals surface area contributed by atoms with E-state index in [4.69, 9.17) is 15.8 Å². The molecule has 2 atom stereocenters. The van der Waals surface area contributed by atoms with E-state index in [-0.39, 0.29) is 12.6 Å². The highest BCUT2D eigenvalue weighted by atomic mass is 16.7. The van der Waals surface area contributed by atoms with E-state index in [0.717, 1.165) is 0 Å². The van der Waals surface area contributed by atoms with E-state index >= 15 is 0 Å². The highest BCUT2D eigenvalue weighted by Gasteiger charge is 2.35. The number of carbonyl (C=O) groups is 1. The van der Waals surface area contributed by atoms with Gasteiger partial charge in [-0.15, -0.1) is 0 Å². The van der Waals surface area contributed by atoms with Gasteiger partial charge < -0.3 is 5.73 Å². The molecule has 0 aromatic rings. The Labute approximate surface area is 57.9 Å². The van der Waals surface area contributed by atoms with Crippen LogP contribution in [0, 0.1) is 11.3 Å². The number of rotatable bonds is 3. The summed E-state index contributed by atoms with van der Waals surface area (Å²) in [5.74, 6) is -0.524. The molecular weight excluding hydrogens is 134 g/mol. The van der Waals surface area contributed by atoms with E-state index in [1.807, 2.05) is 6.07 Å². The fraction of sp³-hybridized carbons (Fsp3) is 0.600. The van der Waals surface area contributed by atoms with Gasteiger partial charge in [0, 0.05) is 0 Å². The maximum absolute atomic E-state index is 10.1. The molecule has 1 rings (SSSR count). The average Bonchev–Trinajstić information content (AvgIpc) is 2.61. The summed E-state index contributed by atoms with van der Waals surface area (Å²) in [5, 5.41) is 9.66. The number of amides is 1. The topological polar surface area (TPSA) is 79.1 Å². The number of hydrogen-bond acceptors (Lipinski definition) is 4. The molecule has 0 bridgehead atoms. The van der Waals surface area contributed by atoms with Crippen LogP contribution in [-0.2, 0) is 9.63 Å². The quantitative estimate of drug-likeness (QED) is 0.491. The van der Waals surface area contributed by atoms with E-state index in [9.17, 15) is 4.79 Å². The number of nitriles is 1. The normalized spacial score (nSPS) is 29.1. The summed E-state index contributed by atoms with van der Waals surface area (Å²) in [4.78, 5) is 14.9. The predicted octanol–water partition coefficient (Wildman–Crippen LogP) is -1.39. The van der Waals surface area contributed by atoms with Crippen LogP contribution in [0.1, 0.15) is 0 Å². The first kappa shape index (κ1) is 6.99. The van der Waals surface area contributed by atoms with Crippen LogP contribution in [0.2, 0.25) is 0 Å². The van der Waals surface area contributed by atoms with Gasteiger partial charge in [0.2, 0.25) is 5.91 Å². The van der Waals surface area contributed by atoms with Gasteiger partial charge in [-0.1, -0.05) is 0 Å². The zero-order valence-corrected chi connectivity index (χ0v) is 5.28. The Hall–Kier alpha value is -1.12. The standard InChI is InChI=1S/C5H7N3O2/c6-1-4-2-8(4)10-3-5(7)9/h4H,2-3H2,(H2,7,9). The van der Waals surface area contributed by atoms with Gasteiger partial charge in [0.25, 0.3) is 0 Å². The van der Waals surface area contributed by atoms with Gasteiger partial charge in [-0.3, -0.25) is 9.63 Å². The molecule has 54 valence electrons.